The van der Waals surface area contributed by atoms with Gasteiger partial charge in [0, 0.05) is 13.1 Å². The molecule has 1 saturated heterocycles. The van der Waals surface area contributed by atoms with Crippen LogP contribution in [0.5, 0.6) is 5.75 Å². The average molecular weight is 248 g/mol. The van der Waals surface area contributed by atoms with Crippen molar-refractivity contribution in [1.29, 1.82) is 0 Å². The molecule has 0 aliphatic carbocycles. The van der Waals surface area contributed by atoms with Gasteiger partial charge in [0.25, 0.3) is 0 Å². The number of hydrogen-bond donors (Lipinski definition) is 1. The summed E-state index contributed by atoms with van der Waals surface area (Å²) in [6.45, 7) is 7.29. The van der Waals surface area contributed by atoms with Crippen LogP contribution in [0.15, 0.2) is 24.3 Å². The number of nitrogens with zero attached hydrogens (tertiary/aromatic N) is 1. The third kappa shape index (κ3) is 4.00. The monoisotopic (exact) mass is 248 g/mol. The van der Waals surface area contributed by atoms with E-state index in [1.807, 2.05) is 19.1 Å². The van der Waals surface area contributed by atoms with Crippen molar-refractivity contribution in [2.24, 2.45) is 5.92 Å². The molecule has 1 aliphatic rings. The Bertz CT molecular complexity index is 350. The molecule has 0 saturated carbocycles. The Hall–Kier alpha value is -1.06. The molecule has 0 bridgehead atoms. The van der Waals surface area contributed by atoms with E-state index in [9.17, 15) is 0 Å². The number of likely N-dealkylation sites (tertiary alicyclic amines) is 1. The maximum atomic E-state index is 5.43. The minimum atomic E-state index is 0.729. The highest BCUT2D eigenvalue weighted by Crippen LogP contribution is 2.14. The summed E-state index contributed by atoms with van der Waals surface area (Å²) in [6, 6.07) is 8.37. The fourth-order valence-corrected chi connectivity index (χ4v) is 2.48. The molecule has 0 amide bonds. The molecule has 0 aromatic heterocycles. The van der Waals surface area contributed by atoms with E-state index in [0.29, 0.717) is 0 Å². The Kier molecular flexibility index (Phi) is 5.02. The second-order valence-corrected chi connectivity index (χ2v) is 5.12. The smallest absolute Gasteiger partial charge is 0.119 e. The molecule has 1 heterocycles. The zero-order valence-electron chi connectivity index (χ0n) is 11.5. The van der Waals surface area contributed by atoms with E-state index in [4.69, 9.17) is 4.74 Å². The van der Waals surface area contributed by atoms with Crippen LogP contribution in [0, 0.1) is 5.92 Å². The standard InChI is InChI=1S/C15H24N2O/c1-3-18-15-6-4-13(5-7-15)10-16-11-14-8-9-17(2)12-14/h4-7,14,16H,3,8-12H2,1-2H3. The third-order valence-corrected chi connectivity index (χ3v) is 3.49. The Morgan fingerprint density at radius 1 is 1.33 bits per heavy atom. The second-order valence-electron chi connectivity index (χ2n) is 5.12. The molecule has 3 nitrogen and oxygen atoms in total. The predicted molar refractivity (Wildman–Crippen MR) is 74.9 cm³/mol. The highest BCUT2D eigenvalue weighted by molar-refractivity contribution is 5.27. The molecule has 18 heavy (non-hydrogen) atoms. The number of nitrogens with one attached hydrogen (secondary N) is 1. The summed E-state index contributed by atoms with van der Waals surface area (Å²) < 4.78 is 5.43. The third-order valence-electron chi connectivity index (χ3n) is 3.49. The van der Waals surface area contributed by atoms with Gasteiger partial charge in [-0.15, -0.1) is 0 Å². The molecule has 2 rings (SSSR count). The summed E-state index contributed by atoms with van der Waals surface area (Å²) >= 11 is 0. The van der Waals surface area contributed by atoms with E-state index >= 15 is 0 Å². The van der Waals surface area contributed by atoms with Crippen molar-refractivity contribution >= 4 is 0 Å². The number of hydrogen-bond acceptors (Lipinski definition) is 3. The molecule has 1 aromatic rings. The zero-order chi connectivity index (χ0) is 12.8. The Labute approximate surface area is 110 Å². The number of rotatable bonds is 6. The van der Waals surface area contributed by atoms with Gasteiger partial charge in [0.15, 0.2) is 0 Å². The Balaban J connectivity index is 1.69. The van der Waals surface area contributed by atoms with Gasteiger partial charge in [-0.05, 0) is 57.1 Å². The molecular formula is C15H24N2O. The quantitative estimate of drug-likeness (QED) is 0.834. The van der Waals surface area contributed by atoms with Crippen LogP contribution in [0.3, 0.4) is 0 Å². The Morgan fingerprint density at radius 2 is 2.11 bits per heavy atom. The van der Waals surface area contributed by atoms with E-state index < -0.39 is 0 Å². The molecule has 0 radical (unpaired) electrons. The molecule has 1 aromatic carbocycles. The largest absolute Gasteiger partial charge is 0.494 e. The van der Waals surface area contributed by atoms with Crippen LogP contribution in [0.2, 0.25) is 0 Å². The maximum absolute atomic E-state index is 5.43. The SMILES string of the molecule is CCOc1ccc(CNCC2CCN(C)C2)cc1. The molecule has 1 aliphatic heterocycles. The van der Waals surface area contributed by atoms with Crippen LogP contribution in [-0.2, 0) is 6.54 Å². The lowest BCUT2D eigenvalue weighted by Crippen LogP contribution is -2.24. The number of benzene rings is 1. The van der Waals surface area contributed by atoms with Crippen molar-refractivity contribution in [2.75, 3.05) is 33.3 Å². The van der Waals surface area contributed by atoms with Crippen LogP contribution in [0.4, 0.5) is 0 Å². The minimum Gasteiger partial charge on any atom is -0.494 e. The molecule has 100 valence electrons. The highest BCUT2D eigenvalue weighted by Gasteiger charge is 2.18. The topological polar surface area (TPSA) is 24.5 Å². The van der Waals surface area contributed by atoms with E-state index in [-0.39, 0.29) is 0 Å². The summed E-state index contributed by atoms with van der Waals surface area (Å²) in [6.07, 6.45) is 1.33. The van der Waals surface area contributed by atoms with Crippen LogP contribution in [0.1, 0.15) is 18.9 Å². The predicted octanol–water partition coefficient (Wildman–Crippen LogP) is 2.13. The summed E-state index contributed by atoms with van der Waals surface area (Å²) in [5.41, 5.74) is 1.32. The Morgan fingerprint density at radius 3 is 2.72 bits per heavy atom. The van der Waals surface area contributed by atoms with Crippen LogP contribution in [-0.4, -0.2) is 38.2 Å². The first-order valence-electron chi connectivity index (χ1n) is 6.89. The van der Waals surface area contributed by atoms with Gasteiger partial charge in [-0.2, -0.15) is 0 Å². The highest BCUT2D eigenvalue weighted by atomic mass is 16.5. The first-order chi connectivity index (χ1) is 8.78. The van der Waals surface area contributed by atoms with E-state index in [1.165, 1.54) is 25.1 Å². The van der Waals surface area contributed by atoms with Gasteiger partial charge in [0.2, 0.25) is 0 Å². The summed E-state index contributed by atoms with van der Waals surface area (Å²) in [4.78, 5) is 2.41. The van der Waals surface area contributed by atoms with Crippen molar-refractivity contribution in [3.8, 4) is 5.75 Å². The van der Waals surface area contributed by atoms with Crippen molar-refractivity contribution in [3.63, 3.8) is 0 Å². The van der Waals surface area contributed by atoms with Crippen LogP contribution < -0.4 is 10.1 Å². The van der Waals surface area contributed by atoms with Crippen LogP contribution in [0.25, 0.3) is 0 Å². The molecule has 1 unspecified atom stereocenters. The van der Waals surface area contributed by atoms with Gasteiger partial charge >= 0.3 is 0 Å². The molecule has 3 heteroatoms. The molecule has 0 spiro atoms. The first-order valence-corrected chi connectivity index (χ1v) is 6.89. The molecule has 1 atom stereocenters. The van der Waals surface area contributed by atoms with E-state index in [0.717, 1.165) is 31.4 Å². The van der Waals surface area contributed by atoms with Gasteiger partial charge in [-0.25, -0.2) is 0 Å². The average Bonchev–Trinajstić information content (AvgIpc) is 2.78. The fraction of sp³-hybridized carbons (Fsp3) is 0.600. The van der Waals surface area contributed by atoms with Gasteiger partial charge < -0.3 is 15.0 Å². The van der Waals surface area contributed by atoms with Gasteiger partial charge in [-0.3, -0.25) is 0 Å². The first kappa shape index (κ1) is 13.4. The molecule has 1 N–H and O–H groups in total. The van der Waals surface area contributed by atoms with Gasteiger partial charge in [-0.1, -0.05) is 12.1 Å². The molecule has 1 fully saturated rings. The number of ether oxygens (including phenoxy) is 1. The van der Waals surface area contributed by atoms with Crippen LogP contribution >= 0.6 is 0 Å². The van der Waals surface area contributed by atoms with Crippen molar-refractivity contribution < 1.29 is 4.74 Å². The second kappa shape index (κ2) is 6.76. The zero-order valence-corrected chi connectivity index (χ0v) is 11.5. The summed E-state index contributed by atoms with van der Waals surface area (Å²) in [5, 5.41) is 3.55. The van der Waals surface area contributed by atoms with Gasteiger partial charge in [0.05, 0.1) is 6.61 Å². The van der Waals surface area contributed by atoms with Crippen molar-refractivity contribution in [1.82, 2.24) is 10.2 Å². The lowest BCUT2D eigenvalue weighted by atomic mass is 10.1. The summed E-state index contributed by atoms with van der Waals surface area (Å²) in [7, 11) is 2.20. The van der Waals surface area contributed by atoms with Crippen molar-refractivity contribution in [3.05, 3.63) is 29.8 Å². The summed E-state index contributed by atoms with van der Waals surface area (Å²) in [5.74, 6) is 1.77. The van der Waals surface area contributed by atoms with E-state index in [1.54, 1.807) is 0 Å². The van der Waals surface area contributed by atoms with E-state index in [2.05, 4.69) is 29.4 Å². The van der Waals surface area contributed by atoms with Crippen molar-refractivity contribution in [2.45, 2.75) is 19.9 Å². The fourth-order valence-electron chi connectivity index (χ4n) is 2.48. The maximum Gasteiger partial charge on any atom is 0.119 e. The molecular weight excluding hydrogens is 224 g/mol. The normalized spacial score (nSPS) is 20.2. The lowest BCUT2D eigenvalue weighted by molar-refractivity contribution is 0.340. The lowest BCUT2D eigenvalue weighted by Gasteiger charge is -2.12. The minimum absolute atomic E-state index is 0.729. The van der Waals surface area contributed by atoms with Gasteiger partial charge in [0.1, 0.15) is 5.75 Å².